The van der Waals surface area contributed by atoms with Crippen molar-refractivity contribution in [3.8, 4) is 0 Å². The normalized spacial score (nSPS) is 38.4. The Hall–Kier alpha value is -1.58. The number of ether oxygens (including phenoxy) is 5. The van der Waals surface area contributed by atoms with Gasteiger partial charge in [-0.3, -0.25) is 22.8 Å². The Bertz CT molecular complexity index is 1910. The maximum absolute atomic E-state index is 12.4. The van der Waals surface area contributed by atoms with E-state index in [-0.39, 0.29) is 0 Å². The Morgan fingerprint density at radius 3 is 1.56 bits per heavy atom. The fourth-order valence-corrected chi connectivity index (χ4v) is 7.36. The molecule has 55 heavy (non-hydrogen) atoms. The summed E-state index contributed by atoms with van der Waals surface area (Å²) >= 11 is 0. The highest BCUT2D eigenvalue weighted by Gasteiger charge is 2.57. The van der Waals surface area contributed by atoms with Gasteiger partial charge in [-0.05, 0) is 0 Å². The molecule has 324 valence electrons. The topological polar surface area (TPSA) is 511 Å². The molecular weight excluding hydrogens is 885 g/mol. The summed E-state index contributed by atoms with van der Waals surface area (Å²) in [6, 6.07) is -4.59. The van der Waals surface area contributed by atoms with Crippen LogP contribution in [-0.2, 0) is 97.1 Å². The van der Waals surface area contributed by atoms with Crippen molar-refractivity contribution >= 4 is 57.9 Å². The summed E-state index contributed by atoms with van der Waals surface area (Å²) in [5.41, 5.74) is 5.81. The third-order valence-corrected chi connectivity index (χ3v) is 9.64. The molecular formula is C18H32N2O30S5. The van der Waals surface area contributed by atoms with E-state index in [1.807, 2.05) is 0 Å². The second-order valence-corrected chi connectivity index (χ2v) is 16.6. The molecule has 3 saturated heterocycles. The van der Waals surface area contributed by atoms with Crippen LogP contribution in [0.5, 0.6) is 0 Å². The number of hydrogen-bond donors (Lipinski definition) is 12. The van der Waals surface area contributed by atoms with Crippen molar-refractivity contribution in [3.63, 3.8) is 0 Å². The molecule has 3 fully saturated rings. The van der Waals surface area contributed by atoms with Crippen LogP contribution in [0.4, 0.5) is 0 Å². The highest BCUT2D eigenvalue weighted by atomic mass is 32.3. The standard InChI is InChI=1S/C18H32N2O30S5/c19-5-11(49-54(36,37)38)7(21)3(1-42-52(30,31)32)45-17(5)47-12-9(23)13(50-55(39,40)41)18(48-14(12)15(24)25)46-10-4(2-43-53(33,34)35)44-16(26)6(8(10)22)20-51(27,28)29/h3-14,16-18,20-23,26H,1-2,19H2,(H,24,25)(H,27,28,29)(H,30,31,32)(H,33,34,35)(H,36,37,38)(H,39,40,41)/t3-,4-,5-,6-,7-,8-,9+,10-,11-,12+,13-,14-,16+,17-,18-/m1/s1. The van der Waals surface area contributed by atoms with Crippen LogP contribution < -0.4 is 10.5 Å². The predicted octanol–water partition coefficient (Wildman–Crippen LogP) is -8.81. The lowest BCUT2D eigenvalue weighted by Crippen LogP contribution is -2.69. The maximum atomic E-state index is 12.4. The quantitative estimate of drug-likeness (QED) is 0.0603. The lowest BCUT2D eigenvalue weighted by molar-refractivity contribution is -0.356. The van der Waals surface area contributed by atoms with Crippen LogP contribution in [0.25, 0.3) is 0 Å². The SMILES string of the molecule is N[C@H]1[C@@H](O[C@H]2[C@H](O)[C@@H](OS(=O)(=O)O)[C@H](O[C@H]3[C@H](O)[C@@H](NS(=O)(=O)O)[C@@H](O)O[C@@H]3COS(=O)(=O)O)O[C@H]2C(=O)O)O[C@H](COS(=O)(=O)O)[C@@H](O)[C@@H]1OS(=O)(=O)O. The first kappa shape index (κ1) is 47.8. The molecule has 0 aliphatic carbocycles. The molecule has 3 aliphatic rings. The number of nitrogens with two attached hydrogens (primary N) is 1. The molecule has 0 amide bonds. The van der Waals surface area contributed by atoms with E-state index in [0.717, 1.165) is 0 Å². The van der Waals surface area contributed by atoms with Gasteiger partial charge in [-0.25, -0.2) is 21.5 Å². The lowest BCUT2D eigenvalue weighted by Gasteiger charge is -2.48. The summed E-state index contributed by atoms with van der Waals surface area (Å²) < 4.78 is 203. The number of aliphatic hydroxyl groups is 4. The number of carboxylic acid groups (broad SMARTS) is 1. The van der Waals surface area contributed by atoms with Gasteiger partial charge >= 0.3 is 57.9 Å². The molecule has 0 radical (unpaired) electrons. The van der Waals surface area contributed by atoms with Crippen LogP contribution in [0.15, 0.2) is 0 Å². The van der Waals surface area contributed by atoms with Gasteiger partial charge in [0, 0.05) is 0 Å². The first-order valence-corrected chi connectivity index (χ1v) is 20.9. The summed E-state index contributed by atoms with van der Waals surface area (Å²) in [4.78, 5) is 12.4. The second kappa shape index (κ2) is 17.7. The number of rotatable bonds is 17. The van der Waals surface area contributed by atoms with Gasteiger partial charge in [-0.1, -0.05) is 0 Å². The molecule has 3 aliphatic heterocycles. The van der Waals surface area contributed by atoms with Gasteiger partial charge in [0.2, 0.25) is 0 Å². The van der Waals surface area contributed by atoms with Crippen molar-refractivity contribution in [2.24, 2.45) is 5.73 Å². The Morgan fingerprint density at radius 1 is 0.600 bits per heavy atom. The zero-order chi connectivity index (χ0) is 42.2. The molecule has 0 spiro atoms. The number of carbonyl (C=O) groups is 1. The van der Waals surface area contributed by atoms with Crippen molar-refractivity contribution in [3.05, 3.63) is 0 Å². The van der Waals surface area contributed by atoms with E-state index >= 15 is 0 Å². The van der Waals surface area contributed by atoms with E-state index in [9.17, 15) is 77.0 Å². The minimum atomic E-state index is -5.82. The molecule has 0 unspecified atom stereocenters. The monoisotopic (exact) mass is 916 g/mol. The first-order chi connectivity index (χ1) is 24.8. The van der Waals surface area contributed by atoms with Crippen molar-refractivity contribution in [1.29, 1.82) is 0 Å². The largest absolute Gasteiger partial charge is 0.479 e. The van der Waals surface area contributed by atoms with Gasteiger partial charge in [0.05, 0.1) is 19.3 Å². The van der Waals surface area contributed by atoms with Gasteiger partial charge < -0.3 is 55.0 Å². The van der Waals surface area contributed by atoms with Crippen LogP contribution in [0, 0.1) is 0 Å². The van der Waals surface area contributed by atoms with E-state index in [1.54, 1.807) is 0 Å². The fourth-order valence-electron chi connectivity index (χ4n) is 5.14. The van der Waals surface area contributed by atoms with Crippen LogP contribution in [0.2, 0.25) is 0 Å². The van der Waals surface area contributed by atoms with Crippen LogP contribution in [0.1, 0.15) is 0 Å². The highest BCUT2D eigenvalue weighted by Crippen LogP contribution is 2.35. The number of nitrogens with one attached hydrogen (secondary N) is 1. The summed E-state index contributed by atoms with van der Waals surface area (Å²) in [6.07, 6.45) is -33.0. The average Bonchev–Trinajstić information content (AvgIpc) is 2.98. The third-order valence-electron chi connectivity index (χ3n) is 7.27. The smallest absolute Gasteiger partial charge is 0.397 e. The minimum Gasteiger partial charge on any atom is -0.479 e. The van der Waals surface area contributed by atoms with Crippen LogP contribution >= 0.6 is 0 Å². The van der Waals surface area contributed by atoms with Gasteiger partial charge in [-0.15, -0.1) is 0 Å². The predicted molar refractivity (Wildman–Crippen MR) is 158 cm³/mol. The number of aliphatic hydroxyl groups excluding tert-OH is 4. The maximum Gasteiger partial charge on any atom is 0.397 e. The zero-order valence-corrected chi connectivity index (χ0v) is 30.4. The third kappa shape index (κ3) is 14.0. The molecule has 3 rings (SSSR count). The number of carboxylic acids is 1. The summed E-state index contributed by atoms with van der Waals surface area (Å²) in [5, 5.41) is 52.7. The van der Waals surface area contributed by atoms with Crippen molar-refractivity contribution in [1.82, 2.24) is 4.72 Å². The lowest BCUT2D eigenvalue weighted by atomic mass is 9.95. The number of hydrogen-bond acceptors (Lipinski definition) is 25. The van der Waals surface area contributed by atoms with E-state index in [0.29, 0.717) is 0 Å². The van der Waals surface area contributed by atoms with Crippen molar-refractivity contribution in [2.75, 3.05) is 13.2 Å². The summed E-state index contributed by atoms with van der Waals surface area (Å²) in [7, 11) is -27.4. The van der Waals surface area contributed by atoms with Crippen molar-refractivity contribution in [2.45, 2.75) is 92.0 Å². The average molecular weight is 917 g/mol. The van der Waals surface area contributed by atoms with Gasteiger partial charge in [0.25, 0.3) is 0 Å². The Kier molecular flexibility index (Phi) is 15.4. The first-order valence-electron chi connectivity index (χ1n) is 14.0. The minimum absolute atomic E-state index is 1.28. The molecule has 15 atom stereocenters. The molecule has 0 aromatic carbocycles. The molecule has 3 heterocycles. The zero-order valence-electron chi connectivity index (χ0n) is 26.3. The van der Waals surface area contributed by atoms with E-state index < -0.39 is 163 Å². The van der Waals surface area contributed by atoms with Gasteiger partial charge in [0.1, 0.15) is 54.9 Å². The van der Waals surface area contributed by atoms with Crippen molar-refractivity contribution < 1.29 is 136 Å². The molecule has 0 bridgehead atoms. The molecule has 32 nitrogen and oxygen atoms in total. The van der Waals surface area contributed by atoms with Crippen LogP contribution in [-0.4, -0.2) is 202 Å². The van der Waals surface area contributed by atoms with E-state index in [1.165, 1.54) is 4.72 Å². The van der Waals surface area contributed by atoms with Gasteiger partial charge in [-0.2, -0.15) is 46.8 Å². The summed E-state index contributed by atoms with van der Waals surface area (Å²) in [6.45, 7) is -2.87. The highest BCUT2D eigenvalue weighted by molar-refractivity contribution is 7.83. The molecule has 13 N–H and O–H groups in total. The van der Waals surface area contributed by atoms with Crippen LogP contribution in [0.3, 0.4) is 0 Å². The molecule has 0 saturated carbocycles. The molecule has 0 aromatic heterocycles. The summed E-state index contributed by atoms with van der Waals surface area (Å²) in [5.74, 6) is -2.20. The Morgan fingerprint density at radius 2 is 1.09 bits per heavy atom. The molecule has 37 heteroatoms. The second-order valence-electron chi connectivity index (χ2n) is 11.1. The van der Waals surface area contributed by atoms with Gasteiger partial charge in [0.15, 0.2) is 31.1 Å². The Balaban J connectivity index is 2.05. The number of aliphatic carboxylic acids is 1. The van der Waals surface area contributed by atoms with E-state index in [2.05, 4.69) is 16.7 Å². The van der Waals surface area contributed by atoms with E-state index in [4.69, 9.17) is 47.6 Å². The fraction of sp³-hybridized carbons (Fsp3) is 0.944. The Labute approximate surface area is 308 Å². The molecule has 0 aromatic rings.